The average molecular weight is 245 g/mol. The van der Waals surface area contributed by atoms with Gasteiger partial charge in [-0.2, -0.15) is 0 Å². The largest absolute Gasteiger partial charge is 0.388 e. The summed E-state index contributed by atoms with van der Waals surface area (Å²) < 4.78 is 5.45. The second-order valence-corrected chi connectivity index (χ2v) is 4.68. The van der Waals surface area contributed by atoms with Crippen LogP contribution in [0, 0.1) is 0 Å². The van der Waals surface area contributed by atoms with Gasteiger partial charge in [-0.1, -0.05) is 12.1 Å². The monoisotopic (exact) mass is 245 g/mol. The maximum Gasteiger partial charge on any atom is 0.0812 e. The maximum absolute atomic E-state index is 10.1. The van der Waals surface area contributed by atoms with Crippen molar-refractivity contribution in [2.75, 3.05) is 6.61 Å². The van der Waals surface area contributed by atoms with Gasteiger partial charge in [0.1, 0.15) is 0 Å². The summed E-state index contributed by atoms with van der Waals surface area (Å²) in [5.41, 5.74) is 1.87. The SMILES string of the molecule is CC(C)OCCC(O)c1ccc2ncccc2c1. The van der Waals surface area contributed by atoms with E-state index in [-0.39, 0.29) is 6.10 Å². The number of aliphatic hydroxyl groups excluding tert-OH is 1. The van der Waals surface area contributed by atoms with Crippen molar-refractivity contribution >= 4 is 10.9 Å². The summed E-state index contributed by atoms with van der Waals surface area (Å²) >= 11 is 0. The fourth-order valence-corrected chi connectivity index (χ4v) is 1.88. The van der Waals surface area contributed by atoms with Crippen LogP contribution in [-0.2, 0) is 4.74 Å². The first kappa shape index (κ1) is 13.0. The zero-order valence-corrected chi connectivity index (χ0v) is 10.8. The number of aromatic nitrogens is 1. The van der Waals surface area contributed by atoms with Crippen molar-refractivity contribution in [3.05, 3.63) is 42.1 Å². The summed E-state index contributed by atoms with van der Waals surface area (Å²) in [4.78, 5) is 4.26. The van der Waals surface area contributed by atoms with Gasteiger partial charge in [0.15, 0.2) is 0 Å². The lowest BCUT2D eigenvalue weighted by Gasteiger charge is -2.13. The Kier molecular flexibility index (Phi) is 4.28. The van der Waals surface area contributed by atoms with Crippen molar-refractivity contribution in [1.29, 1.82) is 0 Å². The molecular weight excluding hydrogens is 226 g/mol. The van der Waals surface area contributed by atoms with Crippen LogP contribution >= 0.6 is 0 Å². The van der Waals surface area contributed by atoms with Gasteiger partial charge < -0.3 is 9.84 Å². The molecule has 96 valence electrons. The molecule has 1 aromatic heterocycles. The number of hydrogen-bond donors (Lipinski definition) is 1. The fourth-order valence-electron chi connectivity index (χ4n) is 1.88. The molecule has 0 saturated heterocycles. The molecule has 0 spiro atoms. The zero-order valence-electron chi connectivity index (χ0n) is 10.8. The van der Waals surface area contributed by atoms with Crippen LogP contribution in [0.15, 0.2) is 36.5 Å². The van der Waals surface area contributed by atoms with E-state index in [2.05, 4.69) is 4.98 Å². The van der Waals surface area contributed by atoms with E-state index in [1.165, 1.54) is 0 Å². The van der Waals surface area contributed by atoms with Gasteiger partial charge in [-0.25, -0.2) is 0 Å². The van der Waals surface area contributed by atoms with Crippen LogP contribution in [0.4, 0.5) is 0 Å². The Morgan fingerprint density at radius 1 is 1.28 bits per heavy atom. The number of fused-ring (bicyclic) bond motifs is 1. The van der Waals surface area contributed by atoms with E-state index in [4.69, 9.17) is 4.74 Å². The van der Waals surface area contributed by atoms with E-state index in [0.717, 1.165) is 16.5 Å². The number of hydrogen-bond acceptors (Lipinski definition) is 3. The predicted octanol–water partition coefficient (Wildman–Crippen LogP) is 3.08. The van der Waals surface area contributed by atoms with E-state index in [1.807, 2.05) is 44.2 Å². The van der Waals surface area contributed by atoms with Crippen LogP contribution in [-0.4, -0.2) is 22.8 Å². The minimum atomic E-state index is -0.478. The third-order valence-corrected chi connectivity index (χ3v) is 2.85. The summed E-state index contributed by atoms with van der Waals surface area (Å²) in [6, 6.07) is 9.76. The van der Waals surface area contributed by atoms with E-state index >= 15 is 0 Å². The molecule has 0 saturated carbocycles. The van der Waals surface area contributed by atoms with Crippen molar-refractivity contribution < 1.29 is 9.84 Å². The van der Waals surface area contributed by atoms with Gasteiger partial charge in [0.05, 0.1) is 17.7 Å². The number of benzene rings is 1. The molecule has 1 heterocycles. The minimum Gasteiger partial charge on any atom is -0.388 e. The summed E-state index contributed by atoms with van der Waals surface area (Å²) in [7, 11) is 0. The highest BCUT2D eigenvalue weighted by molar-refractivity contribution is 5.78. The van der Waals surface area contributed by atoms with Gasteiger partial charge in [-0.3, -0.25) is 4.98 Å². The Bertz CT molecular complexity index is 511. The van der Waals surface area contributed by atoms with Crippen LogP contribution < -0.4 is 0 Å². The topological polar surface area (TPSA) is 42.4 Å². The van der Waals surface area contributed by atoms with Crippen molar-refractivity contribution in [2.45, 2.75) is 32.5 Å². The van der Waals surface area contributed by atoms with Crippen LogP contribution in [0.1, 0.15) is 31.9 Å². The number of nitrogens with zero attached hydrogens (tertiary/aromatic N) is 1. The molecule has 2 aromatic rings. The van der Waals surface area contributed by atoms with E-state index < -0.39 is 6.10 Å². The lowest BCUT2D eigenvalue weighted by molar-refractivity contribution is 0.0466. The molecule has 0 bridgehead atoms. The molecule has 0 radical (unpaired) electrons. The molecule has 0 aliphatic heterocycles. The third-order valence-electron chi connectivity index (χ3n) is 2.85. The van der Waals surface area contributed by atoms with Crippen LogP contribution in [0.3, 0.4) is 0 Å². The van der Waals surface area contributed by atoms with E-state index in [0.29, 0.717) is 13.0 Å². The smallest absolute Gasteiger partial charge is 0.0812 e. The first-order chi connectivity index (χ1) is 8.66. The molecule has 18 heavy (non-hydrogen) atoms. The Morgan fingerprint density at radius 3 is 2.89 bits per heavy atom. The number of pyridine rings is 1. The molecule has 3 heteroatoms. The van der Waals surface area contributed by atoms with Gasteiger partial charge in [0, 0.05) is 24.6 Å². The maximum atomic E-state index is 10.1. The molecule has 3 nitrogen and oxygen atoms in total. The quantitative estimate of drug-likeness (QED) is 0.880. The Morgan fingerprint density at radius 2 is 2.11 bits per heavy atom. The molecule has 0 fully saturated rings. The first-order valence-corrected chi connectivity index (χ1v) is 6.31. The summed E-state index contributed by atoms with van der Waals surface area (Å²) in [6.07, 6.45) is 2.12. The number of ether oxygens (including phenoxy) is 1. The Labute approximate surface area is 107 Å². The lowest BCUT2D eigenvalue weighted by Crippen LogP contribution is -2.08. The highest BCUT2D eigenvalue weighted by Gasteiger charge is 2.08. The first-order valence-electron chi connectivity index (χ1n) is 6.31. The molecule has 2 rings (SSSR count). The zero-order chi connectivity index (χ0) is 13.0. The minimum absolute atomic E-state index is 0.206. The molecule has 1 aromatic carbocycles. The van der Waals surface area contributed by atoms with Crippen molar-refractivity contribution in [2.24, 2.45) is 0 Å². The summed E-state index contributed by atoms with van der Waals surface area (Å²) in [5.74, 6) is 0. The summed E-state index contributed by atoms with van der Waals surface area (Å²) in [6.45, 7) is 4.56. The van der Waals surface area contributed by atoms with Crippen molar-refractivity contribution in [1.82, 2.24) is 4.98 Å². The van der Waals surface area contributed by atoms with Gasteiger partial charge in [-0.05, 0) is 37.6 Å². The molecule has 0 aliphatic carbocycles. The molecule has 1 unspecified atom stereocenters. The second-order valence-electron chi connectivity index (χ2n) is 4.68. The Hall–Kier alpha value is -1.45. The van der Waals surface area contributed by atoms with E-state index in [1.54, 1.807) is 6.20 Å². The van der Waals surface area contributed by atoms with Crippen LogP contribution in [0.5, 0.6) is 0 Å². The fraction of sp³-hybridized carbons (Fsp3) is 0.400. The molecular formula is C15H19NO2. The highest BCUT2D eigenvalue weighted by Crippen LogP contribution is 2.21. The van der Waals surface area contributed by atoms with Crippen LogP contribution in [0.2, 0.25) is 0 Å². The van der Waals surface area contributed by atoms with Crippen molar-refractivity contribution in [3.63, 3.8) is 0 Å². The molecule has 1 N–H and O–H groups in total. The number of rotatable bonds is 5. The number of aliphatic hydroxyl groups is 1. The third kappa shape index (κ3) is 3.28. The average Bonchev–Trinajstić information content (AvgIpc) is 2.37. The second kappa shape index (κ2) is 5.94. The van der Waals surface area contributed by atoms with Gasteiger partial charge in [0.2, 0.25) is 0 Å². The highest BCUT2D eigenvalue weighted by atomic mass is 16.5. The normalized spacial score (nSPS) is 13.1. The molecule has 1 atom stereocenters. The molecule has 0 aliphatic rings. The summed E-state index contributed by atoms with van der Waals surface area (Å²) in [5, 5.41) is 11.1. The van der Waals surface area contributed by atoms with Crippen LogP contribution in [0.25, 0.3) is 10.9 Å². The Balaban J connectivity index is 2.06. The standard InChI is InChI=1S/C15H19NO2/c1-11(2)18-9-7-15(17)13-5-6-14-12(10-13)4-3-8-16-14/h3-6,8,10-11,15,17H,7,9H2,1-2H3. The van der Waals surface area contributed by atoms with Gasteiger partial charge >= 0.3 is 0 Å². The van der Waals surface area contributed by atoms with Gasteiger partial charge in [0.25, 0.3) is 0 Å². The molecule has 0 amide bonds. The lowest BCUT2D eigenvalue weighted by atomic mass is 10.0. The van der Waals surface area contributed by atoms with Crippen molar-refractivity contribution in [3.8, 4) is 0 Å². The van der Waals surface area contributed by atoms with E-state index in [9.17, 15) is 5.11 Å². The van der Waals surface area contributed by atoms with Gasteiger partial charge in [-0.15, -0.1) is 0 Å². The predicted molar refractivity (Wildman–Crippen MR) is 72.4 cm³/mol.